The Kier molecular flexibility index (Phi) is 3.04. The van der Waals surface area contributed by atoms with Gasteiger partial charge in [0, 0.05) is 32.7 Å². The maximum Gasteiger partial charge on any atom is 0.303 e. The lowest BCUT2D eigenvalue weighted by molar-refractivity contribution is -0.175. The van der Waals surface area contributed by atoms with E-state index in [1.54, 1.807) is 0 Å². The predicted molar refractivity (Wildman–Crippen MR) is 67.5 cm³/mol. The summed E-state index contributed by atoms with van der Waals surface area (Å²) in [5.41, 5.74) is 0. The van der Waals surface area contributed by atoms with E-state index in [-0.39, 0.29) is 23.7 Å². The SMILES string of the molecule is CC(=O)O[C@@H]1[C@H]2C[C@@H]([C@@H]1OC(C)=O)[C@@H]1C(=O)N(C)C(=O)[C@H]21. The van der Waals surface area contributed by atoms with Crippen molar-refractivity contribution in [1.82, 2.24) is 4.90 Å². The lowest BCUT2D eigenvalue weighted by atomic mass is 9.78. The maximum atomic E-state index is 12.2. The summed E-state index contributed by atoms with van der Waals surface area (Å²) < 4.78 is 10.6. The van der Waals surface area contributed by atoms with Crippen LogP contribution in [0.4, 0.5) is 0 Å². The molecule has 2 aliphatic carbocycles. The van der Waals surface area contributed by atoms with Crippen molar-refractivity contribution in [3.63, 3.8) is 0 Å². The molecule has 3 aliphatic rings. The Morgan fingerprint density at radius 2 is 1.33 bits per heavy atom. The number of fused-ring (bicyclic) bond motifs is 5. The molecule has 1 aliphatic heterocycles. The van der Waals surface area contributed by atoms with E-state index in [2.05, 4.69) is 0 Å². The van der Waals surface area contributed by atoms with Gasteiger partial charge in [-0.2, -0.15) is 0 Å². The van der Waals surface area contributed by atoms with Gasteiger partial charge in [-0.25, -0.2) is 0 Å². The van der Waals surface area contributed by atoms with Gasteiger partial charge in [-0.05, 0) is 6.42 Å². The Balaban J connectivity index is 1.93. The zero-order valence-electron chi connectivity index (χ0n) is 12.1. The highest BCUT2D eigenvalue weighted by Crippen LogP contribution is 2.57. The summed E-state index contributed by atoms with van der Waals surface area (Å²) in [6.45, 7) is 2.56. The number of imide groups is 1. The molecule has 0 N–H and O–H groups in total. The maximum absolute atomic E-state index is 12.2. The van der Waals surface area contributed by atoms with E-state index in [0.717, 1.165) is 4.90 Å². The average Bonchev–Trinajstić information content (AvgIpc) is 2.98. The summed E-state index contributed by atoms with van der Waals surface area (Å²) in [5.74, 6) is -2.83. The van der Waals surface area contributed by atoms with Crippen LogP contribution >= 0.6 is 0 Å². The average molecular weight is 295 g/mol. The Bertz CT molecular complexity index is 494. The molecule has 6 atom stereocenters. The summed E-state index contributed by atoms with van der Waals surface area (Å²) in [6, 6.07) is 0. The third kappa shape index (κ3) is 1.86. The summed E-state index contributed by atoms with van der Waals surface area (Å²) in [6.07, 6.45) is -0.710. The normalized spacial score (nSPS) is 40.4. The number of hydrogen-bond donors (Lipinski definition) is 0. The van der Waals surface area contributed by atoms with Crippen LogP contribution in [-0.4, -0.2) is 47.9 Å². The zero-order chi connectivity index (χ0) is 15.5. The van der Waals surface area contributed by atoms with Crippen molar-refractivity contribution >= 4 is 23.8 Å². The molecule has 1 heterocycles. The topological polar surface area (TPSA) is 90.0 Å². The van der Waals surface area contributed by atoms with Crippen molar-refractivity contribution in [3.8, 4) is 0 Å². The summed E-state index contributed by atoms with van der Waals surface area (Å²) in [7, 11) is 1.46. The van der Waals surface area contributed by atoms with E-state index in [4.69, 9.17) is 9.47 Å². The van der Waals surface area contributed by atoms with Crippen LogP contribution in [0.2, 0.25) is 0 Å². The number of ether oxygens (including phenoxy) is 2. The molecule has 0 aromatic carbocycles. The fraction of sp³-hybridized carbons (Fsp3) is 0.714. The minimum absolute atomic E-state index is 0.226. The summed E-state index contributed by atoms with van der Waals surface area (Å²) in [5, 5.41) is 0. The highest BCUT2D eigenvalue weighted by atomic mass is 16.6. The molecular weight excluding hydrogens is 278 g/mol. The van der Waals surface area contributed by atoms with Crippen molar-refractivity contribution in [1.29, 1.82) is 0 Å². The van der Waals surface area contributed by atoms with Crippen molar-refractivity contribution in [3.05, 3.63) is 0 Å². The van der Waals surface area contributed by atoms with Crippen LogP contribution in [0, 0.1) is 23.7 Å². The fourth-order valence-corrected chi connectivity index (χ4v) is 4.23. The number of carbonyl (C=O) groups is 4. The summed E-state index contributed by atoms with van der Waals surface area (Å²) >= 11 is 0. The van der Waals surface area contributed by atoms with Crippen LogP contribution in [-0.2, 0) is 28.7 Å². The molecule has 0 aromatic heterocycles. The number of amides is 2. The molecule has 7 heteroatoms. The lowest BCUT2D eigenvalue weighted by Crippen LogP contribution is -2.47. The monoisotopic (exact) mass is 295 g/mol. The van der Waals surface area contributed by atoms with Crippen LogP contribution in [0.5, 0.6) is 0 Å². The first kappa shape index (κ1) is 14.0. The van der Waals surface area contributed by atoms with Gasteiger partial charge in [0.2, 0.25) is 11.8 Å². The highest BCUT2D eigenvalue weighted by molar-refractivity contribution is 6.06. The van der Waals surface area contributed by atoms with Crippen LogP contribution in [0.1, 0.15) is 20.3 Å². The Morgan fingerprint density at radius 3 is 1.67 bits per heavy atom. The molecule has 3 rings (SSSR count). The van der Waals surface area contributed by atoms with Gasteiger partial charge in [0.05, 0.1) is 11.8 Å². The van der Waals surface area contributed by atoms with Gasteiger partial charge in [0.1, 0.15) is 12.2 Å². The molecule has 2 amide bonds. The number of likely N-dealkylation sites (tertiary alicyclic amines) is 1. The quantitative estimate of drug-likeness (QED) is 0.514. The van der Waals surface area contributed by atoms with Gasteiger partial charge < -0.3 is 9.47 Å². The van der Waals surface area contributed by atoms with Gasteiger partial charge in [-0.15, -0.1) is 0 Å². The highest BCUT2D eigenvalue weighted by Gasteiger charge is 2.68. The molecule has 0 unspecified atom stereocenters. The number of esters is 2. The Labute approximate surface area is 121 Å². The minimum Gasteiger partial charge on any atom is -0.458 e. The van der Waals surface area contributed by atoms with Crippen molar-refractivity contribution < 1.29 is 28.7 Å². The van der Waals surface area contributed by atoms with Gasteiger partial charge >= 0.3 is 11.9 Å². The Morgan fingerprint density at radius 1 is 0.952 bits per heavy atom. The van der Waals surface area contributed by atoms with Crippen LogP contribution in [0.3, 0.4) is 0 Å². The van der Waals surface area contributed by atoms with Gasteiger partial charge in [0.15, 0.2) is 0 Å². The van der Waals surface area contributed by atoms with Crippen molar-refractivity contribution in [2.45, 2.75) is 32.5 Å². The van der Waals surface area contributed by atoms with Gasteiger partial charge in [-0.3, -0.25) is 24.1 Å². The van der Waals surface area contributed by atoms with E-state index >= 15 is 0 Å². The Hall–Kier alpha value is -1.92. The van der Waals surface area contributed by atoms with Crippen molar-refractivity contribution in [2.24, 2.45) is 23.7 Å². The molecule has 0 spiro atoms. The number of rotatable bonds is 2. The largest absolute Gasteiger partial charge is 0.458 e. The first-order valence-corrected chi connectivity index (χ1v) is 6.98. The van der Waals surface area contributed by atoms with Gasteiger partial charge in [0.25, 0.3) is 0 Å². The van der Waals surface area contributed by atoms with E-state index in [1.165, 1.54) is 20.9 Å². The standard InChI is InChI=1S/C14H17NO6/c1-5(16)20-11-7-4-8(12(11)21-6(2)17)10-9(7)13(18)15(3)14(10)19/h7-12H,4H2,1-3H3/t7-,8+,9+,10-,11+,12-. The van der Waals surface area contributed by atoms with E-state index < -0.39 is 36.0 Å². The summed E-state index contributed by atoms with van der Waals surface area (Å²) in [4.78, 5) is 48.1. The van der Waals surface area contributed by atoms with Crippen LogP contribution in [0.15, 0.2) is 0 Å². The fourth-order valence-electron chi connectivity index (χ4n) is 4.23. The molecule has 3 fully saturated rings. The second-order valence-corrected chi connectivity index (χ2v) is 6.00. The number of carbonyl (C=O) groups excluding carboxylic acids is 4. The third-order valence-corrected chi connectivity index (χ3v) is 4.86. The second-order valence-electron chi connectivity index (χ2n) is 6.00. The molecule has 114 valence electrons. The second kappa shape index (κ2) is 4.54. The van der Waals surface area contributed by atoms with Crippen molar-refractivity contribution in [2.75, 3.05) is 7.05 Å². The molecule has 7 nitrogen and oxygen atoms in total. The molecule has 21 heavy (non-hydrogen) atoms. The smallest absolute Gasteiger partial charge is 0.303 e. The molecule has 2 bridgehead atoms. The molecule has 0 radical (unpaired) electrons. The molecular formula is C14H17NO6. The number of nitrogens with zero attached hydrogens (tertiary/aromatic N) is 1. The van der Waals surface area contributed by atoms with Crippen LogP contribution < -0.4 is 0 Å². The molecule has 1 saturated heterocycles. The first-order chi connectivity index (χ1) is 9.82. The zero-order valence-corrected chi connectivity index (χ0v) is 12.1. The first-order valence-electron chi connectivity index (χ1n) is 6.98. The van der Waals surface area contributed by atoms with E-state index in [0.29, 0.717) is 6.42 Å². The van der Waals surface area contributed by atoms with Gasteiger partial charge in [-0.1, -0.05) is 0 Å². The molecule has 2 saturated carbocycles. The number of hydrogen-bond acceptors (Lipinski definition) is 6. The van der Waals surface area contributed by atoms with E-state index in [9.17, 15) is 19.2 Å². The molecule has 0 aromatic rings. The lowest BCUT2D eigenvalue weighted by Gasteiger charge is -2.34. The minimum atomic E-state index is -0.638. The third-order valence-electron chi connectivity index (χ3n) is 4.86. The van der Waals surface area contributed by atoms with Crippen LogP contribution in [0.25, 0.3) is 0 Å². The predicted octanol–water partition coefficient (Wildman–Crippen LogP) is -0.269. The van der Waals surface area contributed by atoms with E-state index in [1.807, 2.05) is 0 Å².